The van der Waals surface area contributed by atoms with Crippen molar-refractivity contribution in [1.29, 1.82) is 0 Å². The first kappa shape index (κ1) is 62.5. The molecule has 3 amide bonds. The van der Waals surface area contributed by atoms with E-state index < -0.39 is 241 Å². The maximum Gasteiger partial charge on any atom is 0.217 e. The summed E-state index contributed by atoms with van der Waals surface area (Å²) >= 11 is 0. The van der Waals surface area contributed by atoms with Crippen LogP contribution in [-0.4, -0.2) is 313 Å². The first-order valence-electron chi connectivity index (χ1n) is 24.3. The van der Waals surface area contributed by atoms with Crippen LogP contribution >= 0.6 is 0 Å². The van der Waals surface area contributed by atoms with Crippen molar-refractivity contribution in [3.8, 4) is 0 Å². The molecule has 0 radical (unpaired) electrons. The number of hydrogen-bond acceptors (Lipinski definition) is 31. The molecule has 440 valence electrons. The average molecular weight is 1110 g/mol. The fourth-order valence-electron chi connectivity index (χ4n) is 9.88. The summed E-state index contributed by atoms with van der Waals surface area (Å²) in [7, 11) is 0. The van der Waals surface area contributed by atoms with Crippen LogP contribution in [0.2, 0.25) is 0 Å². The molecule has 34 heteroatoms. The summed E-state index contributed by atoms with van der Waals surface area (Å²) in [5.41, 5.74) is 18.7. The fourth-order valence-corrected chi connectivity index (χ4v) is 9.88. The van der Waals surface area contributed by atoms with Gasteiger partial charge in [-0.1, -0.05) is 0 Å². The summed E-state index contributed by atoms with van der Waals surface area (Å²) in [5.74, 6) is -2.22. The van der Waals surface area contributed by atoms with Crippen LogP contribution in [0.4, 0.5) is 0 Å². The monoisotopic (exact) mass is 1110 g/mol. The van der Waals surface area contributed by atoms with E-state index in [0.717, 1.165) is 20.8 Å². The second kappa shape index (κ2) is 27.2. The van der Waals surface area contributed by atoms with Crippen molar-refractivity contribution in [1.82, 2.24) is 16.0 Å². The van der Waals surface area contributed by atoms with Gasteiger partial charge in [-0.05, 0) is 0 Å². The number of aliphatic hydroxyl groups is 14. The Kier molecular flexibility index (Phi) is 22.3. The smallest absolute Gasteiger partial charge is 0.217 e. The summed E-state index contributed by atoms with van der Waals surface area (Å²) in [6.45, 7) is -2.12. The van der Waals surface area contributed by atoms with E-state index in [2.05, 4.69) is 16.0 Å². The first-order chi connectivity index (χ1) is 35.9. The molecule has 30 atom stereocenters. The molecule has 0 aromatic rings. The van der Waals surface area contributed by atoms with E-state index in [9.17, 15) is 85.9 Å². The van der Waals surface area contributed by atoms with E-state index in [4.69, 9.17) is 69.3 Å². The molecule has 76 heavy (non-hydrogen) atoms. The third kappa shape index (κ3) is 13.5. The predicted molar refractivity (Wildman–Crippen MR) is 240 cm³/mol. The molecule has 0 spiro atoms. The zero-order valence-corrected chi connectivity index (χ0v) is 41.3. The Morgan fingerprint density at radius 3 is 0.934 bits per heavy atom. The molecule has 0 aliphatic carbocycles. The predicted octanol–water partition coefficient (Wildman–Crippen LogP) is -13.8. The van der Waals surface area contributed by atoms with Crippen molar-refractivity contribution in [2.45, 2.75) is 205 Å². The Balaban J connectivity index is 1.15. The topological polar surface area (TPSA) is 550 Å². The van der Waals surface area contributed by atoms with Crippen LogP contribution in [-0.2, 0) is 66.5 Å². The number of hydrogen-bond donors (Lipinski definition) is 20. The van der Waals surface area contributed by atoms with Crippen LogP contribution in [0.3, 0.4) is 0 Å². The van der Waals surface area contributed by atoms with Gasteiger partial charge in [0.25, 0.3) is 0 Å². The lowest BCUT2D eigenvalue weighted by Crippen LogP contribution is -2.71. The van der Waals surface area contributed by atoms with Crippen LogP contribution in [0.15, 0.2) is 0 Å². The molecule has 0 bridgehead atoms. The van der Waals surface area contributed by atoms with Crippen molar-refractivity contribution < 1.29 is 138 Å². The van der Waals surface area contributed by atoms with Gasteiger partial charge in [0.2, 0.25) is 17.7 Å². The number of nitrogens with one attached hydrogen (secondary N) is 3. The highest BCUT2D eigenvalue weighted by Crippen LogP contribution is 2.36. The van der Waals surface area contributed by atoms with Crippen LogP contribution in [0.1, 0.15) is 20.8 Å². The van der Waals surface area contributed by atoms with Gasteiger partial charge >= 0.3 is 0 Å². The van der Waals surface area contributed by atoms with Crippen LogP contribution in [0.5, 0.6) is 0 Å². The summed E-state index contributed by atoms with van der Waals surface area (Å²) in [5, 5.41) is 157. The molecule has 6 fully saturated rings. The van der Waals surface area contributed by atoms with Crippen molar-refractivity contribution >= 4 is 17.7 Å². The molecule has 34 nitrogen and oxygen atoms in total. The minimum atomic E-state index is -1.92. The van der Waals surface area contributed by atoms with Crippen LogP contribution < -0.4 is 33.2 Å². The third-order valence-corrected chi connectivity index (χ3v) is 13.9. The second-order valence-corrected chi connectivity index (χ2v) is 19.2. The number of carbonyl (C=O) groups is 3. The highest BCUT2D eigenvalue weighted by Gasteiger charge is 2.57. The number of amides is 3. The van der Waals surface area contributed by atoms with Crippen molar-refractivity contribution in [2.24, 2.45) is 17.2 Å². The van der Waals surface area contributed by atoms with E-state index in [-0.39, 0.29) is 0 Å². The molecule has 6 heterocycles. The number of aliphatic hydroxyl groups excluding tert-OH is 14. The van der Waals surface area contributed by atoms with Gasteiger partial charge in [0.15, 0.2) is 37.7 Å². The lowest BCUT2D eigenvalue weighted by Gasteiger charge is -2.51. The lowest BCUT2D eigenvalue weighted by atomic mass is 9.93. The summed E-state index contributed by atoms with van der Waals surface area (Å²) in [4.78, 5) is 36.9. The number of nitrogens with two attached hydrogens (primary N) is 3. The zero-order valence-electron chi connectivity index (χ0n) is 41.3. The van der Waals surface area contributed by atoms with E-state index >= 15 is 0 Å². The molecule has 6 aliphatic rings. The van der Waals surface area contributed by atoms with E-state index in [1.165, 1.54) is 0 Å². The molecule has 23 N–H and O–H groups in total. The summed E-state index contributed by atoms with van der Waals surface area (Å²) in [6.07, 6.45) is -40.5. The Labute approximate surface area is 432 Å². The molecule has 1 unspecified atom stereocenters. The molecule has 0 aromatic carbocycles. The minimum Gasteiger partial charge on any atom is -0.394 e. The Morgan fingerprint density at radius 2 is 0.605 bits per heavy atom. The van der Waals surface area contributed by atoms with Gasteiger partial charge in [-0.15, -0.1) is 0 Å². The van der Waals surface area contributed by atoms with Gasteiger partial charge in [-0.3, -0.25) is 14.4 Å². The SMILES string of the molecule is CC(=O)N[C@H]1[C@H](O[C@H]2[C@H](O)[C@@H](N)[C@H](O[C@H]3[C@H](O)[C@@H](NC(C)=O)[C@H](O[C@H]4[C@H](O)[C@@H](NC(C)=O)C(O)O[C@@H]4CO)O[C@@H]3CO)O[C@@H]2CO)O[C@H](CO)[C@@H](O[C@@H]2O[C@H](CO)[C@@H](O[C@@H]3O[C@H](CO)[C@@H](O)[C@H](O)[C@H]3N)[C@H](O)[C@H]2N)[C@@H]1O. The second-order valence-electron chi connectivity index (χ2n) is 19.2. The fraction of sp³-hybridized carbons (Fsp3) is 0.929. The molecular formula is C42H74N6O28. The Bertz CT molecular complexity index is 1870. The first-order valence-corrected chi connectivity index (χ1v) is 24.3. The van der Waals surface area contributed by atoms with Crippen LogP contribution in [0, 0.1) is 0 Å². The van der Waals surface area contributed by atoms with E-state index in [1.54, 1.807) is 0 Å². The van der Waals surface area contributed by atoms with Gasteiger partial charge < -0.3 is 157 Å². The van der Waals surface area contributed by atoms with Crippen molar-refractivity contribution in [3.05, 3.63) is 0 Å². The number of carbonyl (C=O) groups excluding carboxylic acids is 3. The molecule has 6 rings (SSSR count). The highest BCUT2D eigenvalue weighted by atomic mass is 16.8. The maximum absolute atomic E-state index is 12.6. The van der Waals surface area contributed by atoms with Crippen molar-refractivity contribution in [2.75, 3.05) is 39.6 Å². The Morgan fingerprint density at radius 1 is 0.355 bits per heavy atom. The molecule has 0 saturated carbocycles. The average Bonchev–Trinajstić information content (AvgIpc) is 3.38. The zero-order chi connectivity index (χ0) is 56.2. The minimum absolute atomic E-state index is 0.681. The number of rotatable bonds is 19. The standard InChI is InChI=1S/C42H74N6O28/c1-10(55)46-22-29(62)34(14(5-50)66-37(22)65)76-42-24(48-12(3)57)31(64)36(18(9-54)71-42)74-40-21(45)28(61)33(16(7-52)69-40)75-41-23(47-11(2)56)30(63)35(17(8-53)70-41)73-39-20(44)27(60)32(15(6-51)68-39)72-38-19(43)26(59)25(58)13(4-49)67-38/h13-42,49-54,58-65H,4-9,43-45H2,1-3H3,(H,46,55)(H,47,56)(H,48,57)/t13-,14-,15-,16-,17-,18-,19-,20-,21-,22-,23-,24-,25-,26-,27-,28-,29-,30-,31-,32-,33-,34-,35-,36-,37?,38+,39+,40+,41+,42+/m1/s1. The van der Waals surface area contributed by atoms with Crippen molar-refractivity contribution in [3.63, 3.8) is 0 Å². The van der Waals surface area contributed by atoms with Gasteiger partial charge in [0.05, 0.1) is 57.8 Å². The molecule has 6 saturated heterocycles. The number of ether oxygens (including phenoxy) is 11. The lowest BCUT2D eigenvalue weighted by molar-refractivity contribution is -0.368. The largest absolute Gasteiger partial charge is 0.394 e. The highest BCUT2D eigenvalue weighted by molar-refractivity contribution is 5.74. The normalized spacial score (nSPS) is 48.2. The summed E-state index contributed by atoms with van der Waals surface area (Å²) in [6, 6.07) is -9.45. The van der Waals surface area contributed by atoms with Gasteiger partial charge in [-0.25, -0.2) is 0 Å². The molecular weight excluding hydrogens is 1040 g/mol. The maximum atomic E-state index is 12.6. The Hall–Kier alpha value is -2.71. The van der Waals surface area contributed by atoms with Gasteiger partial charge in [0.1, 0.15) is 128 Å². The third-order valence-electron chi connectivity index (χ3n) is 13.9. The van der Waals surface area contributed by atoms with Gasteiger partial charge in [-0.2, -0.15) is 0 Å². The van der Waals surface area contributed by atoms with Gasteiger partial charge in [0, 0.05) is 20.8 Å². The quantitative estimate of drug-likeness (QED) is 0.0571. The molecule has 0 aromatic heterocycles. The summed E-state index contributed by atoms with van der Waals surface area (Å²) < 4.78 is 64.2. The molecule has 6 aliphatic heterocycles. The van der Waals surface area contributed by atoms with Crippen LogP contribution in [0.25, 0.3) is 0 Å². The van der Waals surface area contributed by atoms with E-state index in [1.807, 2.05) is 0 Å². The van der Waals surface area contributed by atoms with E-state index in [0.29, 0.717) is 0 Å².